The van der Waals surface area contributed by atoms with Crippen LogP contribution in [0.2, 0.25) is 0 Å². The lowest BCUT2D eigenvalue weighted by atomic mass is 9.87. The summed E-state index contributed by atoms with van der Waals surface area (Å²) in [6.07, 6.45) is 2.61. The van der Waals surface area contributed by atoms with E-state index in [0.29, 0.717) is 16.6 Å². The van der Waals surface area contributed by atoms with Gasteiger partial charge in [-0.15, -0.1) is 0 Å². The van der Waals surface area contributed by atoms with Crippen molar-refractivity contribution < 1.29 is 22.8 Å². The van der Waals surface area contributed by atoms with Gasteiger partial charge in [-0.1, -0.05) is 19.0 Å². The molecule has 1 fully saturated rings. The molecule has 0 aromatic heterocycles. The molecular formula is C18H25BBrF2NO3. The predicted molar refractivity (Wildman–Crippen MR) is 103 cm³/mol. The Morgan fingerprint density at radius 1 is 1.23 bits per heavy atom. The number of halogens is 3. The summed E-state index contributed by atoms with van der Waals surface area (Å²) in [5.41, 5.74) is 6.58. The lowest BCUT2D eigenvalue weighted by Gasteiger charge is -2.32. The van der Waals surface area contributed by atoms with Gasteiger partial charge in [0, 0.05) is 10.2 Å². The second-order valence-corrected chi connectivity index (χ2v) is 8.33. The van der Waals surface area contributed by atoms with Crippen molar-refractivity contribution >= 4 is 28.7 Å². The molecule has 8 heteroatoms. The third-order valence-electron chi connectivity index (χ3n) is 4.95. The van der Waals surface area contributed by atoms with Gasteiger partial charge >= 0.3 is 13.7 Å². The van der Waals surface area contributed by atoms with Gasteiger partial charge in [0.15, 0.2) is 0 Å². The fourth-order valence-corrected chi connectivity index (χ4v) is 3.13. The molecule has 1 atom stereocenters. The fourth-order valence-electron chi connectivity index (χ4n) is 2.68. The number of hydrogen-bond donors (Lipinski definition) is 1. The van der Waals surface area contributed by atoms with Crippen LogP contribution in [0, 0.1) is 0 Å². The van der Waals surface area contributed by atoms with E-state index in [0.717, 1.165) is 5.56 Å². The van der Waals surface area contributed by atoms with Crippen molar-refractivity contribution in [3.05, 3.63) is 34.2 Å². The average molecular weight is 432 g/mol. The molecule has 2 rings (SSSR count). The van der Waals surface area contributed by atoms with Crippen LogP contribution in [0.5, 0.6) is 5.75 Å². The summed E-state index contributed by atoms with van der Waals surface area (Å²) in [6, 6.07) is 3.00. The topological polar surface area (TPSA) is 53.7 Å². The highest BCUT2D eigenvalue weighted by Gasteiger charge is 2.49. The van der Waals surface area contributed by atoms with Crippen LogP contribution in [0.15, 0.2) is 28.7 Å². The third-order valence-corrected chi connectivity index (χ3v) is 5.60. The Morgan fingerprint density at radius 3 is 2.35 bits per heavy atom. The van der Waals surface area contributed by atoms with Gasteiger partial charge in [0.2, 0.25) is 0 Å². The number of nitrogens with two attached hydrogens (primary N) is 1. The molecule has 0 spiro atoms. The molecule has 0 aliphatic carbocycles. The van der Waals surface area contributed by atoms with Crippen LogP contribution in [0.25, 0.3) is 0 Å². The highest BCUT2D eigenvalue weighted by Crippen LogP contribution is 2.38. The molecule has 0 amide bonds. The van der Waals surface area contributed by atoms with Crippen LogP contribution in [0.1, 0.15) is 52.5 Å². The second kappa shape index (κ2) is 7.86. The summed E-state index contributed by atoms with van der Waals surface area (Å²) in [5, 5.41) is 0. The zero-order valence-electron chi connectivity index (χ0n) is 15.7. The minimum atomic E-state index is -2.88. The molecule has 0 bridgehead atoms. The van der Waals surface area contributed by atoms with Gasteiger partial charge in [0.25, 0.3) is 0 Å². The Labute approximate surface area is 162 Å². The van der Waals surface area contributed by atoms with Crippen LogP contribution in [-0.2, 0) is 9.31 Å². The molecule has 26 heavy (non-hydrogen) atoms. The predicted octanol–water partition coefficient (Wildman–Crippen LogP) is 5.31. The van der Waals surface area contributed by atoms with E-state index >= 15 is 0 Å². The molecule has 1 saturated heterocycles. The lowest BCUT2D eigenvalue weighted by Crippen LogP contribution is -2.41. The van der Waals surface area contributed by atoms with Crippen LogP contribution in [0.4, 0.5) is 14.5 Å². The van der Waals surface area contributed by atoms with E-state index in [2.05, 4.69) is 20.7 Å². The molecular weight excluding hydrogens is 407 g/mol. The Hall–Kier alpha value is -1.12. The van der Waals surface area contributed by atoms with Crippen LogP contribution >= 0.6 is 15.9 Å². The van der Waals surface area contributed by atoms with Gasteiger partial charge < -0.3 is 19.8 Å². The second-order valence-electron chi connectivity index (χ2n) is 7.48. The van der Waals surface area contributed by atoms with Crippen LogP contribution in [0.3, 0.4) is 0 Å². The van der Waals surface area contributed by atoms with E-state index in [1.54, 1.807) is 6.07 Å². The summed E-state index contributed by atoms with van der Waals surface area (Å²) in [7, 11) is -0.412. The SMILES string of the molecule is CC(C/C=C\B1OC(C)(C)C(C)(C)O1)c1cc(OC(F)F)cc(Br)c1N. The maximum atomic E-state index is 12.5. The van der Waals surface area contributed by atoms with E-state index in [9.17, 15) is 8.78 Å². The van der Waals surface area contributed by atoms with Gasteiger partial charge in [0.05, 0.1) is 11.2 Å². The number of anilines is 1. The molecule has 2 N–H and O–H groups in total. The van der Waals surface area contributed by atoms with E-state index < -0.39 is 13.7 Å². The van der Waals surface area contributed by atoms with Crippen molar-refractivity contribution in [3.63, 3.8) is 0 Å². The largest absolute Gasteiger partial charge is 0.486 e. The molecule has 1 aliphatic heterocycles. The maximum absolute atomic E-state index is 12.5. The number of hydrogen-bond acceptors (Lipinski definition) is 4. The van der Waals surface area contributed by atoms with Crippen molar-refractivity contribution in [2.45, 2.75) is 64.8 Å². The minimum absolute atomic E-state index is 0.00574. The number of alkyl halides is 2. The van der Waals surface area contributed by atoms with E-state index in [4.69, 9.17) is 15.0 Å². The van der Waals surface area contributed by atoms with Gasteiger partial charge in [-0.05, 0) is 73.7 Å². The number of allylic oxidation sites excluding steroid dienone is 1. The molecule has 144 valence electrons. The van der Waals surface area contributed by atoms with Crippen LogP contribution < -0.4 is 10.5 Å². The van der Waals surface area contributed by atoms with Crippen molar-refractivity contribution in [2.75, 3.05) is 5.73 Å². The molecule has 1 aromatic rings. The molecule has 1 aliphatic rings. The molecule has 1 heterocycles. The smallest absolute Gasteiger partial charge is 0.435 e. The first kappa shape index (κ1) is 21.2. The van der Waals surface area contributed by atoms with Crippen molar-refractivity contribution in [2.24, 2.45) is 0 Å². The third kappa shape index (κ3) is 4.78. The fraction of sp³-hybridized carbons (Fsp3) is 0.556. The van der Waals surface area contributed by atoms with Gasteiger partial charge in [0.1, 0.15) is 5.75 Å². The summed E-state index contributed by atoms with van der Waals surface area (Å²) in [6.45, 7) is 7.08. The van der Waals surface area contributed by atoms with Gasteiger partial charge in [-0.2, -0.15) is 8.78 Å². The van der Waals surface area contributed by atoms with Crippen molar-refractivity contribution in [1.29, 1.82) is 0 Å². The molecule has 1 aromatic carbocycles. The number of benzene rings is 1. The van der Waals surface area contributed by atoms with E-state index in [-0.39, 0.29) is 22.9 Å². The van der Waals surface area contributed by atoms with Crippen molar-refractivity contribution in [3.8, 4) is 5.75 Å². The maximum Gasteiger partial charge on any atom is 0.486 e. The first-order chi connectivity index (χ1) is 11.9. The Morgan fingerprint density at radius 2 is 1.81 bits per heavy atom. The first-order valence-corrected chi connectivity index (χ1v) is 9.28. The summed E-state index contributed by atoms with van der Waals surface area (Å²) in [5.74, 6) is 1.96. The number of nitrogen functional groups attached to an aromatic ring is 1. The normalized spacial score (nSPS) is 20.1. The van der Waals surface area contributed by atoms with E-state index in [1.807, 2.05) is 46.7 Å². The van der Waals surface area contributed by atoms with Gasteiger partial charge in [-0.25, -0.2) is 0 Å². The Bertz CT molecular complexity index is 667. The summed E-state index contributed by atoms with van der Waals surface area (Å²) in [4.78, 5) is 0. The highest BCUT2D eigenvalue weighted by atomic mass is 79.9. The molecule has 4 nitrogen and oxygen atoms in total. The molecule has 0 saturated carbocycles. The van der Waals surface area contributed by atoms with Crippen molar-refractivity contribution in [1.82, 2.24) is 0 Å². The van der Waals surface area contributed by atoms with Crippen LogP contribution in [-0.4, -0.2) is 24.9 Å². The van der Waals surface area contributed by atoms with Gasteiger partial charge in [-0.3, -0.25) is 0 Å². The number of ether oxygens (including phenoxy) is 1. The zero-order valence-corrected chi connectivity index (χ0v) is 17.3. The first-order valence-electron chi connectivity index (χ1n) is 8.49. The number of rotatable bonds is 6. The average Bonchev–Trinajstić information content (AvgIpc) is 2.69. The highest BCUT2D eigenvalue weighted by molar-refractivity contribution is 9.10. The standard InChI is InChI=1S/C18H25BBrF2NO3/c1-11(7-6-8-19-25-17(2,3)18(4,5)26-19)13-9-12(24-16(21)22)10-14(20)15(13)23/h6,8-11,16H,7,23H2,1-5H3/b8-6-. The quantitative estimate of drug-likeness (QED) is 0.489. The summed E-state index contributed by atoms with van der Waals surface area (Å²) < 4.78 is 41.8. The lowest BCUT2D eigenvalue weighted by molar-refractivity contribution is -0.0499. The van der Waals surface area contributed by atoms with E-state index in [1.165, 1.54) is 6.07 Å². The Balaban J connectivity index is 2.06. The Kier molecular flexibility index (Phi) is 6.41. The summed E-state index contributed by atoms with van der Waals surface area (Å²) >= 11 is 3.29. The molecule has 1 unspecified atom stereocenters. The monoisotopic (exact) mass is 431 g/mol. The molecule has 0 radical (unpaired) electrons. The minimum Gasteiger partial charge on any atom is -0.435 e. The zero-order chi connectivity index (χ0) is 19.7.